The van der Waals surface area contributed by atoms with E-state index in [1.54, 1.807) is 24.3 Å². The summed E-state index contributed by atoms with van der Waals surface area (Å²) < 4.78 is 0. The smallest absolute Gasteiger partial charge is 0.274 e. The molecule has 0 unspecified atom stereocenters. The van der Waals surface area contributed by atoms with Gasteiger partial charge < -0.3 is 10.6 Å². The fraction of sp³-hybridized carbons (Fsp3) is 0.0833. The minimum Gasteiger partial charge on any atom is -0.337 e. The molecule has 0 aliphatic heterocycles. The molecule has 0 saturated carbocycles. The number of nitriles is 1. The highest BCUT2D eigenvalue weighted by Crippen LogP contribution is 2.12. The Balaban J connectivity index is 2.11. The highest BCUT2D eigenvalue weighted by atomic mass is 16.2. The van der Waals surface area contributed by atoms with Crippen molar-refractivity contribution in [3.8, 4) is 6.07 Å². The molecule has 20 heavy (non-hydrogen) atoms. The first-order chi connectivity index (χ1) is 9.72. The Hall–Kier alpha value is -3.21. The minimum atomic E-state index is -0.552. The highest BCUT2D eigenvalue weighted by Gasteiger charge is 2.17. The molecule has 100 valence electrons. The number of hydrogen-bond acceptors (Lipinski definition) is 5. The third kappa shape index (κ3) is 2.97. The van der Waals surface area contributed by atoms with E-state index in [4.69, 9.17) is 5.26 Å². The third-order valence-corrected chi connectivity index (χ3v) is 2.33. The number of aromatic amines is 1. The topological polar surface area (TPSA) is 124 Å². The van der Waals surface area contributed by atoms with Gasteiger partial charge in [-0.2, -0.15) is 10.4 Å². The molecule has 0 aliphatic carbocycles. The van der Waals surface area contributed by atoms with Gasteiger partial charge in [-0.15, -0.1) is 0 Å². The van der Waals surface area contributed by atoms with Gasteiger partial charge in [-0.25, -0.2) is 0 Å². The summed E-state index contributed by atoms with van der Waals surface area (Å²) in [6.45, 7) is -0.140. The molecule has 0 aliphatic rings. The average molecular weight is 270 g/mol. The first-order valence-electron chi connectivity index (χ1n) is 5.63. The van der Waals surface area contributed by atoms with Crippen molar-refractivity contribution in [1.82, 2.24) is 20.5 Å². The zero-order valence-corrected chi connectivity index (χ0v) is 10.3. The van der Waals surface area contributed by atoms with Crippen LogP contribution in [0.3, 0.4) is 0 Å². The van der Waals surface area contributed by atoms with E-state index in [1.807, 2.05) is 0 Å². The van der Waals surface area contributed by atoms with Crippen LogP contribution in [0.15, 0.2) is 30.6 Å². The largest absolute Gasteiger partial charge is 0.337 e. The molecule has 2 aromatic rings. The Labute approximate surface area is 113 Å². The summed E-state index contributed by atoms with van der Waals surface area (Å²) in [5.41, 5.74) is 0.442. The van der Waals surface area contributed by atoms with Gasteiger partial charge in [0.25, 0.3) is 11.8 Å². The number of pyridine rings is 1. The Morgan fingerprint density at radius 2 is 2.20 bits per heavy atom. The van der Waals surface area contributed by atoms with Crippen LogP contribution in [-0.4, -0.2) is 33.5 Å². The number of nitrogens with one attached hydrogen (secondary N) is 3. The second-order valence-corrected chi connectivity index (χ2v) is 3.66. The van der Waals surface area contributed by atoms with E-state index in [9.17, 15) is 9.59 Å². The van der Waals surface area contributed by atoms with Gasteiger partial charge in [-0.1, -0.05) is 6.07 Å². The van der Waals surface area contributed by atoms with E-state index in [0.717, 1.165) is 0 Å². The monoisotopic (exact) mass is 270 g/mol. The number of H-pyrrole nitrogens is 1. The Bertz CT molecular complexity index is 658. The average Bonchev–Trinajstić information content (AvgIpc) is 2.94. The molecule has 8 nitrogen and oxygen atoms in total. The molecule has 0 aromatic carbocycles. The predicted molar refractivity (Wildman–Crippen MR) is 68.7 cm³/mol. The summed E-state index contributed by atoms with van der Waals surface area (Å²) in [6, 6.07) is 6.69. The van der Waals surface area contributed by atoms with Crippen LogP contribution in [0.2, 0.25) is 0 Å². The van der Waals surface area contributed by atoms with Gasteiger partial charge in [0.15, 0.2) is 5.69 Å². The van der Waals surface area contributed by atoms with Crippen LogP contribution in [0.1, 0.15) is 21.0 Å². The van der Waals surface area contributed by atoms with Crippen LogP contribution < -0.4 is 10.6 Å². The maximum atomic E-state index is 11.9. The SMILES string of the molecule is N#CCNC(=O)c1n[nH]cc1NC(=O)c1ccccn1. The van der Waals surface area contributed by atoms with Crippen molar-refractivity contribution in [3.05, 3.63) is 42.0 Å². The lowest BCUT2D eigenvalue weighted by atomic mass is 10.3. The number of hydrogen-bond donors (Lipinski definition) is 3. The van der Waals surface area contributed by atoms with Crippen LogP contribution >= 0.6 is 0 Å². The van der Waals surface area contributed by atoms with Crippen molar-refractivity contribution in [1.29, 1.82) is 5.26 Å². The van der Waals surface area contributed by atoms with Gasteiger partial charge in [-0.05, 0) is 12.1 Å². The minimum absolute atomic E-state index is 0.00420. The number of carbonyl (C=O) groups is 2. The van der Waals surface area contributed by atoms with Crippen molar-refractivity contribution < 1.29 is 9.59 Å². The van der Waals surface area contributed by atoms with Gasteiger partial charge in [0.2, 0.25) is 0 Å². The molecule has 2 amide bonds. The lowest BCUT2D eigenvalue weighted by molar-refractivity contribution is 0.0954. The quantitative estimate of drug-likeness (QED) is 0.690. The van der Waals surface area contributed by atoms with Gasteiger partial charge >= 0.3 is 0 Å². The summed E-state index contributed by atoms with van der Waals surface area (Å²) in [5, 5.41) is 19.5. The van der Waals surface area contributed by atoms with Gasteiger partial charge in [-0.3, -0.25) is 19.7 Å². The molecule has 0 bridgehead atoms. The second kappa shape index (κ2) is 6.10. The lowest BCUT2D eigenvalue weighted by Crippen LogP contribution is -2.25. The number of rotatable bonds is 4. The lowest BCUT2D eigenvalue weighted by Gasteiger charge is -2.04. The summed E-state index contributed by atoms with van der Waals surface area (Å²) in [5.74, 6) is -1.01. The van der Waals surface area contributed by atoms with Crippen LogP contribution in [0, 0.1) is 11.3 Å². The molecule has 2 heterocycles. The maximum Gasteiger partial charge on any atom is 0.274 e. The summed E-state index contributed by atoms with van der Waals surface area (Å²) in [4.78, 5) is 27.5. The van der Waals surface area contributed by atoms with Crippen molar-refractivity contribution >= 4 is 17.5 Å². The Morgan fingerprint density at radius 1 is 1.35 bits per heavy atom. The molecule has 8 heteroatoms. The van der Waals surface area contributed by atoms with Gasteiger partial charge in [0.1, 0.15) is 12.2 Å². The number of amides is 2. The molecular formula is C12H10N6O2. The fourth-order valence-electron chi connectivity index (χ4n) is 1.45. The van der Waals surface area contributed by atoms with E-state index in [-0.39, 0.29) is 23.6 Å². The number of carbonyl (C=O) groups excluding carboxylic acids is 2. The molecule has 0 saturated heterocycles. The molecule has 0 radical (unpaired) electrons. The zero-order chi connectivity index (χ0) is 14.4. The summed E-state index contributed by atoms with van der Waals surface area (Å²) in [6.07, 6.45) is 2.87. The Morgan fingerprint density at radius 3 is 2.90 bits per heavy atom. The van der Waals surface area contributed by atoms with Crippen LogP contribution in [-0.2, 0) is 0 Å². The van der Waals surface area contributed by atoms with Crippen LogP contribution in [0.4, 0.5) is 5.69 Å². The third-order valence-electron chi connectivity index (χ3n) is 2.33. The fourth-order valence-corrected chi connectivity index (χ4v) is 1.45. The van der Waals surface area contributed by atoms with Gasteiger partial charge in [0, 0.05) is 12.4 Å². The molecule has 3 N–H and O–H groups in total. The van der Waals surface area contributed by atoms with E-state index in [1.165, 1.54) is 12.4 Å². The Kier molecular flexibility index (Phi) is 4.04. The molecule has 0 atom stereocenters. The highest BCUT2D eigenvalue weighted by molar-refractivity contribution is 6.07. The molecule has 2 rings (SSSR count). The number of nitrogens with zero attached hydrogens (tertiary/aromatic N) is 3. The molecule has 0 fully saturated rings. The maximum absolute atomic E-state index is 11.9. The molecule has 2 aromatic heterocycles. The number of anilines is 1. The van der Waals surface area contributed by atoms with E-state index in [2.05, 4.69) is 25.8 Å². The van der Waals surface area contributed by atoms with Gasteiger partial charge in [0.05, 0.1) is 11.8 Å². The van der Waals surface area contributed by atoms with Crippen molar-refractivity contribution in [2.45, 2.75) is 0 Å². The van der Waals surface area contributed by atoms with Crippen molar-refractivity contribution in [2.24, 2.45) is 0 Å². The van der Waals surface area contributed by atoms with Crippen molar-refractivity contribution in [2.75, 3.05) is 11.9 Å². The summed E-state index contributed by atoms with van der Waals surface area (Å²) >= 11 is 0. The zero-order valence-electron chi connectivity index (χ0n) is 10.3. The summed E-state index contributed by atoms with van der Waals surface area (Å²) in [7, 11) is 0. The van der Waals surface area contributed by atoms with Crippen molar-refractivity contribution in [3.63, 3.8) is 0 Å². The van der Waals surface area contributed by atoms with Crippen LogP contribution in [0.5, 0.6) is 0 Å². The van der Waals surface area contributed by atoms with E-state index < -0.39 is 11.8 Å². The van der Waals surface area contributed by atoms with E-state index >= 15 is 0 Å². The molecule has 0 spiro atoms. The molecular weight excluding hydrogens is 260 g/mol. The normalized spacial score (nSPS) is 9.55. The predicted octanol–water partition coefficient (Wildman–Crippen LogP) is 0.310. The number of aromatic nitrogens is 3. The second-order valence-electron chi connectivity index (χ2n) is 3.66. The van der Waals surface area contributed by atoms with E-state index in [0.29, 0.717) is 0 Å². The standard InChI is InChI=1S/C12H10N6O2/c13-4-6-15-12(20)10-9(7-16-18-10)17-11(19)8-3-1-2-5-14-8/h1-3,5,7H,6H2,(H,15,20)(H,16,18)(H,17,19). The first-order valence-corrected chi connectivity index (χ1v) is 5.63. The van der Waals surface area contributed by atoms with Crippen LogP contribution in [0.25, 0.3) is 0 Å². The first kappa shape index (κ1) is 13.2.